The Labute approximate surface area is 130 Å². The molecule has 1 aliphatic rings. The Kier molecular flexibility index (Phi) is 5.52. The molecule has 1 saturated heterocycles. The average molecular weight is 328 g/mol. The highest BCUT2D eigenvalue weighted by molar-refractivity contribution is 7.89. The number of nitrogens with two attached hydrogens (primary N) is 1. The normalized spacial score (nSPS) is 19.2. The van der Waals surface area contributed by atoms with Crippen LogP contribution in [0.1, 0.15) is 43.7 Å². The zero-order chi connectivity index (χ0) is 16.2. The number of carbonyl (C=O) groups excluding carboxylic acids is 1. The molecule has 2 N–H and O–H groups in total. The molecule has 0 saturated carbocycles. The topological polar surface area (TPSA) is 80.5 Å². The summed E-state index contributed by atoms with van der Waals surface area (Å²) in [4.78, 5) is 14.1. The van der Waals surface area contributed by atoms with E-state index in [0.29, 0.717) is 6.54 Å². The van der Waals surface area contributed by atoms with Crippen molar-refractivity contribution in [1.29, 1.82) is 0 Å². The van der Waals surface area contributed by atoms with Crippen LogP contribution in [0.25, 0.3) is 0 Å². The summed E-state index contributed by atoms with van der Waals surface area (Å²) in [7, 11) is -3.53. The largest absolute Gasteiger partial charge is 0.336 e. The molecule has 7 heteroatoms. The van der Waals surface area contributed by atoms with Crippen molar-refractivity contribution in [1.82, 2.24) is 4.90 Å². The fourth-order valence-electron chi connectivity index (χ4n) is 2.83. The second-order valence-electron chi connectivity index (χ2n) is 5.62. The van der Waals surface area contributed by atoms with E-state index < -0.39 is 10.0 Å². The Hall–Kier alpha value is -1.47. The van der Waals surface area contributed by atoms with Crippen LogP contribution in [0.15, 0.2) is 24.3 Å². The highest BCUT2D eigenvalue weighted by Crippen LogP contribution is 2.31. The van der Waals surface area contributed by atoms with E-state index in [1.54, 1.807) is 17.0 Å². The first-order valence-corrected chi connectivity index (χ1v) is 9.14. The number of piperidine rings is 1. The number of hydrogen-bond donors (Lipinski definition) is 1. The highest BCUT2D eigenvalue weighted by atomic mass is 32.2. The van der Waals surface area contributed by atoms with Crippen LogP contribution in [-0.2, 0) is 14.8 Å². The molecule has 0 bridgehead atoms. The summed E-state index contributed by atoms with van der Waals surface area (Å²) in [6.45, 7) is 0.649. The SMILES string of the molecule is NS(=O)(=O)CCCC(=O)N1CCCCC1c1ccc(F)cc1. The first-order chi connectivity index (χ1) is 10.4. The van der Waals surface area contributed by atoms with Gasteiger partial charge >= 0.3 is 0 Å². The Bertz CT molecular complexity index is 616. The number of carbonyl (C=O) groups is 1. The number of amides is 1. The standard InChI is InChI=1S/C15H21FN2O3S/c16-13-8-6-12(7-9-13)14-4-1-2-10-18(14)15(19)5-3-11-22(17,20)21/h6-9,14H,1-5,10-11H2,(H2,17,20,21). The molecule has 0 aliphatic carbocycles. The number of nitrogens with zero attached hydrogens (tertiary/aromatic N) is 1. The molecular formula is C15H21FN2O3S. The minimum absolute atomic E-state index is 0.0590. The lowest BCUT2D eigenvalue weighted by Gasteiger charge is -2.36. The molecule has 0 radical (unpaired) electrons. The number of primary sulfonamides is 1. The van der Waals surface area contributed by atoms with Gasteiger partial charge in [0, 0.05) is 13.0 Å². The van der Waals surface area contributed by atoms with E-state index in [2.05, 4.69) is 0 Å². The fraction of sp³-hybridized carbons (Fsp3) is 0.533. The molecule has 1 aromatic carbocycles. The molecule has 1 aromatic rings. The van der Waals surface area contributed by atoms with Gasteiger partial charge in [-0.3, -0.25) is 4.79 Å². The summed E-state index contributed by atoms with van der Waals surface area (Å²) >= 11 is 0. The minimum atomic E-state index is -3.53. The van der Waals surface area contributed by atoms with E-state index in [9.17, 15) is 17.6 Å². The van der Waals surface area contributed by atoms with E-state index in [1.165, 1.54) is 12.1 Å². The van der Waals surface area contributed by atoms with Crippen LogP contribution in [0.2, 0.25) is 0 Å². The lowest BCUT2D eigenvalue weighted by atomic mass is 9.95. The van der Waals surface area contributed by atoms with Crippen molar-refractivity contribution in [3.05, 3.63) is 35.6 Å². The Morgan fingerprint density at radius 3 is 2.59 bits per heavy atom. The van der Waals surface area contributed by atoms with Crippen molar-refractivity contribution in [2.45, 2.75) is 38.1 Å². The van der Waals surface area contributed by atoms with Crippen LogP contribution in [0.3, 0.4) is 0 Å². The molecule has 1 heterocycles. The second-order valence-corrected chi connectivity index (χ2v) is 7.35. The zero-order valence-electron chi connectivity index (χ0n) is 12.4. The summed E-state index contributed by atoms with van der Waals surface area (Å²) in [5.41, 5.74) is 0.917. The van der Waals surface area contributed by atoms with Gasteiger partial charge in [0.05, 0.1) is 11.8 Å². The van der Waals surface area contributed by atoms with Gasteiger partial charge < -0.3 is 4.90 Å². The third kappa shape index (κ3) is 4.78. The molecule has 1 unspecified atom stereocenters. The lowest BCUT2D eigenvalue weighted by molar-refractivity contribution is -0.135. The zero-order valence-corrected chi connectivity index (χ0v) is 13.2. The van der Waals surface area contributed by atoms with E-state index in [1.807, 2.05) is 0 Å². The highest BCUT2D eigenvalue weighted by Gasteiger charge is 2.27. The van der Waals surface area contributed by atoms with Gasteiger partial charge in [-0.1, -0.05) is 12.1 Å². The van der Waals surface area contributed by atoms with Crippen LogP contribution < -0.4 is 5.14 Å². The van der Waals surface area contributed by atoms with Crippen LogP contribution in [0.4, 0.5) is 4.39 Å². The monoisotopic (exact) mass is 328 g/mol. The molecule has 2 rings (SSSR count). The van der Waals surface area contributed by atoms with Crippen molar-refractivity contribution in [3.8, 4) is 0 Å². The number of halogens is 1. The van der Waals surface area contributed by atoms with Crippen LogP contribution in [0, 0.1) is 5.82 Å². The fourth-order valence-corrected chi connectivity index (χ4v) is 3.38. The molecule has 122 valence electrons. The number of rotatable bonds is 5. The summed E-state index contributed by atoms with van der Waals surface area (Å²) in [6, 6.07) is 6.14. The van der Waals surface area contributed by atoms with Gasteiger partial charge in [-0.15, -0.1) is 0 Å². The summed E-state index contributed by atoms with van der Waals surface area (Å²) in [6.07, 6.45) is 3.17. The van der Waals surface area contributed by atoms with E-state index in [0.717, 1.165) is 24.8 Å². The lowest BCUT2D eigenvalue weighted by Crippen LogP contribution is -2.38. The summed E-state index contributed by atoms with van der Waals surface area (Å²) in [5.74, 6) is -0.559. The maximum atomic E-state index is 13.0. The van der Waals surface area contributed by atoms with E-state index >= 15 is 0 Å². The number of hydrogen-bond acceptors (Lipinski definition) is 3. The Morgan fingerprint density at radius 1 is 1.27 bits per heavy atom. The quantitative estimate of drug-likeness (QED) is 0.897. The minimum Gasteiger partial charge on any atom is -0.336 e. The van der Waals surface area contributed by atoms with Gasteiger partial charge in [-0.25, -0.2) is 17.9 Å². The van der Waals surface area contributed by atoms with Gasteiger partial charge in [-0.2, -0.15) is 0 Å². The number of likely N-dealkylation sites (tertiary alicyclic amines) is 1. The molecule has 22 heavy (non-hydrogen) atoms. The molecule has 0 spiro atoms. The molecule has 1 aliphatic heterocycles. The van der Waals surface area contributed by atoms with Crippen molar-refractivity contribution in [2.75, 3.05) is 12.3 Å². The maximum absolute atomic E-state index is 13.0. The second kappa shape index (κ2) is 7.19. The Balaban J connectivity index is 2.02. The van der Waals surface area contributed by atoms with Crippen LogP contribution >= 0.6 is 0 Å². The molecule has 0 aromatic heterocycles. The maximum Gasteiger partial charge on any atom is 0.223 e. The molecule has 1 amide bonds. The van der Waals surface area contributed by atoms with E-state index in [-0.39, 0.29) is 36.4 Å². The molecule has 1 atom stereocenters. The van der Waals surface area contributed by atoms with Gasteiger partial charge in [0.15, 0.2) is 0 Å². The van der Waals surface area contributed by atoms with Crippen molar-refractivity contribution in [3.63, 3.8) is 0 Å². The average Bonchev–Trinajstić information content (AvgIpc) is 2.46. The van der Waals surface area contributed by atoms with E-state index in [4.69, 9.17) is 5.14 Å². The predicted octanol–water partition coefficient (Wildman–Crippen LogP) is 1.95. The van der Waals surface area contributed by atoms with Gasteiger partial charge in [-0.05, 0) is 43.4 Å². The van der Waals surface area contributed by atoms with Crippen LogP contribution in [-0.4, -0.2) is 31.5 Å². The van der Waals surface area contributed by atoms with Gasteiger partial charge in [0.1, 0.15) is 5.82 Å². The smallest absolute Gasteiger partial charge is 0.223 e. The molecular weight excluding hydrogens is 307 g/mol. The Morgan fingerprint density at radius 2 is 1.95 bits per heavy atom. The number of benzene rings is 1. The first-order valence-electron chi connectivity index (χ1n) is 7.42. The summed E-state index contributed by atoms with van der Waals surface area (Å²) in [5, 5.41) is 4.94. The van der Waals surface area contributed by atoms with Crippen molar-refractivity contribution >= 4 is 15.9 Å². The first kappa shape index (κ1) is 16.9. The van der Waals surface area contributed by atoms with Crippen LogP contribution in [0.5, 0.6) is 0 Å². The van der Waals surface area contributed by atoms with Crippen molar-refractivity contribution < 1.29 is 17.6 Å². The third-order valence-corrected chi connectivity index (χ3v) is 4.76. The van der Waals surface area contributed by atoms with Crippen molar-refractivity contribution in [2.24, 2.45) is 5.14 Å². The summed E-state index contributed by atoms with van der Waals surface area (Å²) < 4.78 is 34.9. The number of sulfonamides is 1. The van der Waals surface area contributed by atoms with Gasteiger partial charge in [0.25, 0.3) is 0 Å². The third-order valence-electron chi connectivity index (χ3n) is 3.90. The molecule has 5 nitrogen and oxygen atoms in total. The van der Waals surface area contributed by atoms with Gasteiger partial charge in [0.2, 0.25) is 15.9 Å². The predicted molar refractivity (Wildman–Crippen MR) is 81.9 cm³/mol. The molecule has 1 fully saturated rings.